The maximum Gasteiger partial charge on any atom is 0.326 e. The summed E-state index contributed by atoms with van der Waals surface area (Å²) in [6, 6.07) is 6.74. The quantitative estimate of drug-likeness (QED) is 0.799. The summed E-state index contributed by atoms with van der Waals surface area (Å²) in [6.07, 6.45) is 0.593. The number of rotatable bonds is 5. The third kappa shape index (κ3) is 4.33. The van der Waals surface area contributed by atoms with Crippen molar-refractivity contribution in [3.05, 3.63) is 33.4 Å². The summed E-state index contributed by atoms with van der Waals surface area (Å²) in [5.41, 5.74) is 0.908. The van der Waals surface area contributed by atoms with Crippen LogP contribution in [0.5, 0.6) is 0 Å². The highest BCUT2D eigenvalue weighted by atomic mass is 127. The summed E-state index contributed by atoms with van der Waals surface area (Å²) >= 11 is 2.15. The average Bonchev–Trinajstić information content (AvgIpc) is 2.28. The summed E-state index contributed by atoms with van der Waals surface area (Å²) in [7, 11) is 0. The maximum absolute atomic E-state index is 11.7. The van der Waals surface area contributed by atoms with Crippen molar-refractivity contribution >= 4 is 34.5 Å². The molecule has 1 amide bonds. The first kappa shape index (κ1) is 14.0. The van der Waals surface area contributed by atoms with Gasteiger partial charge in [-0.2, -0.15) is 0 Å². The number of hydrogen-bond donors (Lipinski definition) is 2. The van der Waals surface area contributed by atoms with Crippen LogP contribution in [0, 0.1) is 3.57 Å². The lowest BCUT2D eigenvalue weighted by molar-refractivity contribution is -0.141. The van der Waals surface area contributed by atoms with Crippen LogP contribution in [0.4, 0.5) is 0 Å². The lowest BCUT2D eigenvalue weighted by Crippen LogP contribution is -2.41. The summed E-state index contributed by atoms with van der Waals surface area (Å²) in [5.74, 6) is -1.26. The van der Waals surface area contributed by atoms with Crippen molar-refractivity contribution in [1.29, 1.82) is 0 Å². The van der Waals surface area contributed by atoms with Gasteiger partial charge in [-0.15, -0.1) is 0 Å². The number of carbonyl (C=O) groups excluding carboxylic acids is 1. The predicted molar refractivity (Wildman–Crippen MR) is 72.7 cm³/mol. The summed E-state index contributed by atoms with van der Waals surface area (Å²) in [4.78, 5) is 22.4. The van der Waals surface area contributed by atoms with E-state index >= 15 is 0 Å². The first-order valence-corrected chi connectivity index (χ1v) is 6.38. The number of carboxylic acids is 1. The van der Waals surface area contributed by atoms with Crippen molar-refractivity contribution in [3.8, 4) is 0 Å². The van der Waals surface area contributed by atoms with Crippen molar-refractivity contribution < 1.29 is 14.7 Å². The number of amides is 1. The minimum atomic E-state index is -0.997. The van der Waals surface area contributed by atoms with Gasteiger partial charge < -0.3 is 10.4 Å². The van der Waals surface area contributed by atoms with Gasteiger partial charge >= 0.3 is 5.97 Å². The van der Waals surface area contributed by atoms with Gasteiger partial charge in [-0.1, -0.05) is 25.1 Å². The molecule has 92 valence electrons. The molecule has 0 heterocycles. The Hall–Kier alpha value is -1.11. The Labute approximate surface area is 114 Å². The Morgan fingerprint density at radius 1 is 1.41 bits per heavy atom. The van der Waals surface area contributed by atoms with Crippen LogP contribution in [-0.2, 0) is 16.0 Å². The molecule has 4 nitrogen and oxygen atoms in total. The zero-order valence-corrected chi connectivity index (χ0v) is 11.6. The van der Waals surface area contributed by atoms with E-state index < -0.39 is 12.0 Å². The molecule has 5 heteroatoms. The zero-order valence-electron chi connectivity index (χ0n) is 9.44. The van der Waals surface area contributed by atoms with Gasteiger partial charge in [-0.3, -0.25) is 4.79 Å². The highest BCUT2D eigenvalue weighted by Gasteiger charge is 2.17. The lowest BCUT2D eigenvalue weighted by Gasteiger charge is -2.12. The number of carboxylic acid groups (broad SMARTS) is 1. The van der Waals surface area contributed by atoms with Gasteiger partial charge in [0.25, 0.3) is 0 Å². The number of benzene rings is 1. The average molecular weight is 347 g/mol. The Morgan fingerprint density at radius 2 is 2.06 bits per heavy atom. The Kier molecular flexibility index (Phi) is 5.40. The number of nitrogens with one attached hydrogen (secondary N) is 1. The van der Waals surface area contributed by atoms with Gasteiger partial charge in [0.1, 0.15) is 6.04 Å². The first-order chi connectivity index (χ1) is 8.04. The molecule has 0 aliphatic heterocycles. The Balaban J connectivity index is 2.61. The zero-order chi connectivity index (χ0) is 12.8. The van der Waals surface area contributed by atoms with Gasteiger partial charge in [0.05, 0.1) is 6.42 Å². The predicted octanol–water partition coefficient (Wildman–Crippen LogP) is 1.81. The molecule has 17 heavy (non-hydrogen) atoms. The number of hydrogen-bond acceptors (Lipinski definition) is 2. The molecular formula is C12H14INO3. The highest BCUT2D eigenvalue weighted by molar-refractivity contribution is 14.1. The van der Waals surface area contributed by atoms with E-state index in [0.29, 0.717) is 6.42 Å². The molecule has 0 aliphatic carbocycles. The van der Waals surface area contributed by atoms with Crippen LogP contribution in [0.3, 0.4) is 0 Å². The van der Waals surface area contributed by atoms with E-state index in [0.717, 1.165) is 9.13 Å². The van der Waals surface area contributed by atoms with E-state index in [4.69, 9.17) is 5.11 Å². The molecule has 0 radical (unpaired) electrons. The van der Waals surface area contributed by atoms with Gasteiger partial charge in [0, 0.05) is 3.57 Å². The standard InChI is InChI=1S/C12H14INO3/c1-2-10(12(16)17)14-11(15)7-8-5-3-4-6-9(8)13/h3-6,10H,2,7H2,1H3,(H,14,15)(H,16,17)/t10-/m1/s1. The van der Waals surface area contributed by atoms with Crippen molar-refractivity contribution in [2.75, 3.05) is 0 Å². The van der Waals surface area contributed by atoms with E-state index in [1.165, 1.54) is 0 Å². The second kappa shape index (κ2) is 6.58. The van der Waals surface area contributed by atoms with Gasteiger partial charge in [0.15, 0.2) is 0 Å². The number of aliphatic carboxylic acids is 1. The smallest absolute Gasteiger partial charge is 0.326 e. The molecule has 0 fully saturated rings. The van der Waals surface area contributed by atoms with Gasteiger partial charge in [0.2, 0.25) is 5.91 Å². The molecule has 1 aromatic rings. The molecule has 0 unspecified atom stereocenters. The molecule has 1 atom stereocenters. The van der Waals surface area contributed by atoms with Crippen molar-refractivity contribution in [2.45, 2.75) is 25.8 Å². The fourth-order valence-corrected chi connectivity index (χ4v) is 1.98. The summed E-state index contributed by atoms with van der Waals surface area (Å²) in [6.45, 7) is 1.73. The Bertz CT molecular complexity index is 420. The van der Waals surface area contributed by atoms with Crippen molar-refractivity contribution in [1.82, 2.24) is 5.32 Å². The summed E-state index contributed by atoms with van der Waals surface area (Å²) in [5, 5.41) is 11.3. The van der Waals surface area contributed by atoms with Crippen molar-refractivity contribution in [2.24, 2.45) is 0 Å². The van der Waals surface area contributed by atoms with E-state index in [9.17, 15) is 9.59 Å². The van der Waals surface area contributed by atoms with Crippen LogP contribution in [0.2, 0.25) is 0 Å². The van der Waals surface area contributed by atoms with E-state index in [1.807, 2.05) is 24.3 Å². The fourth-order valence-electron chi connectivity index (χ4n) is 1.40. The van der Waals surface area contributed by atoms with Crippen LogP contribution < -0.4 is 5.32 Å². The van der Waals surface area contributed by atoms with Gasteiger partial charge in [-0.05, 0) is 40.6 Å². The van der Waals surface area contributed by atoms with Gasteiger partial charge in [-0.25, -0.2) is 4.79 Å². The lowest BCUT2D eigenvalue weighted by atomic mass is 10.1. The molecule has 0 aliphatic rings. The number of carbonyl (C=O) groups is 2. The molecule has 1 rings (SSSR count). The molecule has 0 aromatic heterocycles. The minimum absolute atomic E-state index is 0.211. The first-order valence-electron chi connectivity index (χ1n) is 5.30. The third-order valence-electron chi connectivity index (χ3n) is 2.35. The topological polar surface area (TPSA) is 66.4 Å². The third-order valence-corrected chi connectivity index (χ3v) is 3.40. The fraction of sp³-hybridized carbons (Fsp3) is 0.333. The second-order valence-corrected chi connectivity index (χ2v) is 4.80. The molecule has 0 bridgehead atoms. The SMILES string of the molecule is CC[C@@H](NC(=O)Cc1ccccc1I)C(=O)O. The molecule has 0 saturated carbocycles. The Morgan fingerprint density at radius 3 is 2.59 bits per heavy atom. The van der Waals surface area contributed by atoms with Crippen LogP contribution in [0.1, 0.15) is 18.9 Å². The van der Waals surface area contributed by atoms with Crippen molar-refractivity contribution in [3.63, 3.8) is 0 Å². The molecule has 0 saturated heterocycles. The maximum atomic E-state index is 11.7. The number of halogens is 1. The van der Waals surface area contributed by atoms with Crippen LogP contribution in [0.25, 0.3) is 0 Å². The van der Waals surface area contributed by atoms with Crippen LogP contribution in [-0.4, -0.2) is 23.0 Å². The van der Waals surface area contributed by atoms with Crippen LogP contribution >= 0.6 is 22.6 Å². The van der Waals surface area contributed by atoms with Crippen LogP contribution in [0.15, 0.2) is 24.3 Å². The monoisotopic (exact) mass is 347 g/mol. The molecule has 1 aromatic carbocycles. The van der Waals surface area contributed by atoms with E-state index in [2.05, 4.69) is 27.9 Å². The second-order valence-electron chi connectivity index (χ2n) is 3.63. The molecule has 2 N–H and O–H groups in total. The largest absolute Gasteiger partial charge is 0.480 e. The van der Waals surface area contributed by atoms with E-state index in [1.54, 1.807) is 6.92 Å². The highest BCUT2D eigenvalue weighted by Crippen LogP contribution is 2.11. The minimum Gasteiger partial charge on any atom is -0.480 e. The van der Waals surface area contributed by atoms with E-state index in [-0.39, 0.29) is 12.3 Å². The molecular weight excluding hydrogens is 333 g/mol. The summed E-state index contributed by atoms with van der Waals surface area (Å²) < 4.78 is 1.00. The normalized spacial score (nSPS) is 11.9. The molecule has 0 spiro atoms.